The van der Waals surface area contributed by atoms with Gasteiger partial charge in [-0.05, 0) is 24.3 Å². The quantitative estimate of drug-likeness (QED) is 0.776. The third kappa shape index (κ3) is 4.92. The molecule has 19 heavy (non-hydrogen) atoms. The second-order valence-corrected chi connectivity index (χ2v) is 6.76. The highest BCUT2D eigenvalue weighted by Gasteiger charge is 2.13. The van der Waals surface area contributed by atoms with Gasteiger partial charge in [-0.15, -0.1) is 0 Å². The highest BCUT2D eigenvalue weighted by molar-refractivity contribution is 7.90. The average molecular weight is 283 g/mol. The Bertz CT molecular complexity index is 536. The molecule has 2 heterocycles. The molecule has 6 heteroatoms. The van der Waals surface area contributed by atoms with Crippen LogP contribution in [-0.4, -0.2) is 31.9 Å². The maximum atomic E-state index is 11.3. The van der Waals surface area contributed by atoms with Gasteiger partial charge in [0.2, 0.25) is 0 Å². The van der Waals surface area contributed by atoms with Crippen LogP contribution in [0.15, 0.2) is 45.6 Å². The molecule has 0 aliphatic carbocycles. The van der Waals surface area contributed by atoms with E-state index in [9.17, 15) is 8.42 Å². The molecule has 0 N–H and O–H groups in total. The standard InChI is InChI=1S/C13H17NO4S/c1-19(15,16)9-6-14(10-12-4-2-7-17-12)11-13-5-3-8-18-13/h2-5,7-8H,6,9-11H2,1H3. The Morgan fingerprint density at radius 1 is 1.05 bits per heavy atom. The van der Waals surface area contributed by atoms with Crippen molar-refractivity contribution >= 4 is 9.84 Å². The third-order valence-electron chi connectivity index (χ3n) is 2.70. The Balaban J connectivity index is 1.99. The summed E-state index contributed by atoms with van der Waals surface area (Å²) < 4.78 is 33.1. The van der Waals surface area contributed by atoms with Crippen molar-refractivity contribution in [1.29, 1.82) is 0 Å². The van der Waals surface area contributed by atoms with E-state index < -0.39 is 9.84 Å². The summed E-state index contributed by atoms with van der Waals surface area (Å²) >= 11 is 0. The van der Waals surface area contributed by atoms with Crippen LogP contribution in [0.25, 0.3) is 0 Å². The van der Waals surface area contributed by atoms with Gasteiger partial charge in [-0.1, -0.05) is 0 Å². The van der Waals surface area contributed by atoms with Crippen LogP contribution in [0.5, 0.6) is 0 Å². The van der Waals surface area contributed by atoms with E-state index in [1.807, 2.05) is 29.2 Å². The minimum Gasteiger partial charge on any atom is -0.468 e. The van der Waals surface area contributed by atoms with Gasteiger partial charge in [0.25, 0.3) is 0 Å². The lowest BCUT2D eigenvalue weighted by Crippen LogP contribution is -2.28. The number of rotatable bonds is 7. The van der Waals surface area contributed by atoms with E-state index in [0.717, 1.165) is 11.5 Å². The summed E-state index contributed by atoms with van der Waals surface area (Å²) in [4.78, 5) is 1.98. The Morgan fingerprint density at radius 3 is 1.95 bits per heavy atom. The molecule has 0 aliphatic heterocycles. The Morgan fingerprint density at radius 2 is 1.58 bits per heavy atom. The summed E-state index contributed by atoms with van der Waals surface area (Å²) in [7, 11) is -2.98. The van der Waals surface area contributed by atoms with Gasteiger partial charge in [0.1, 0.15) is 21.4 Å². The van der Waals surface area contributed by atoms with E-state index >= 15 is 0 Å². The van der Waals surface area contributed by atoms with Gasteiger partial charge in [0.15, 0.2) is 0 Å². The fraction of sp³-hybridized carbons (Fsp3) is 0.385. The molecule has 2 aromatic rings. The fourth-order valence-electron chi connectivity index (χ4n) is 1.75. The number of furan rings is 2. The minimum absolute atomic E-state index is 0.119. The van der Waals surface area contributed by atoms with Crippen molar-refractivity contribution < 1.29 is 17.3 Å². The van der Waals surface area contributed by atoms with E-state index in [1.54, 1.807) is 12.5 Å². The summed E-state index contributed by atoms with van der Waals surface area (Å²) in [6.07, 6.45) is 4.46. The molecule has 0 fully saturated rings. The maximum absolute atomic E-state index is 11.3. The minimum atomic E-state index is -2.98. The van der Waals surface area contributed by atoms with Gasteiger partial charge < -0.3 is 8.83 Å². The van der Waals surface area contributed by atoms with Gasteiger partial charge in [0, 0.05) is 12.8 Å². The average Bonchev–Trinajstić information content (AvgIpc) is 2.97. The lowest BCUT2D eigenvalue weighted by Gasteiger charge is -2.19. The van der Waals surface area contributed by atoms with Crippen LogP contribution in [-0.2, 0) is 22.9 Å². The molecular formula is C13H17NO4S. The Kier molecular flexibility index (Phi) is 4.44. The molecule has 0 amide bonds. The van der Waals surface area contributed by atoms with Crippen molar-refractivity contribution in [3.8, 4) is 0 Å². The highest BCUT2D eigenvalue weighted by atomic mass is 32.2. The number of hydrogen-bond donors (Lipinski definition) is 0. The maximum Gasteiger partial charge on any atom is 0.148 e. The van der Waals surface area contributed by atoms with E-state index in [1.165, 1.54) is 6.26 Å². The first kappa shape index (κ1) is 13.9. The molecule has 0 aliphatic rings. The lowest BCUT2D eigenvalue weighted by molar-refractivity contribution is 0.229. The monoisotopic (exact) mass is 283 g/mol. The van der Waals surface area contributed by atoms with Crippen LogP contribution in [0, 0.1) is 0 Å². The predicted molar refractivity (Wildman–Crippen MR) is 71.2 cm³/mol. The Hall–Kier alpha value is -1.53. The van der Waals surface area contributed by atoms with E-state index in [0.29, 0.717) is 19.6 Å². The zero-order valence-corrected chi connectivity index (χ0v) is 11.6. The van der Waals surface area contributed by atoms with E-state index in [4.69, 9.17) is 8.83 Å². The summed E-state index contributed by atoms with van der Waals surface area (Å²) in [5.41, 5.74) is 0. The summed E-state index contributed by atoms with van der Waals surface area (Å²) in [5, 5.41) is 0. The molecule has 0 unspecified atom stereocenters. The van der Waals surface area contributed by atoms with Crippen molar-refractivity contribution in [3.63, 3.8) is 0 Å². The molecule has 0 saturated carbocycles. The van der Waals surface area contributed by atoms with Crippen molar-refractivity contribution in [2.75, 3.05) is 18.6 Å². The molecule has 0 aromatic carbocycles. The molecule has 0 atom stereocenters. The summed E-state index contributed by atoms with van der Waals surface area (Å²) in [5.74, 6) is 1.73. The molecule has 104 valence electrons. The van der Waals surface area contributed by atoms with Crippen molar-refractivity contribution in [2.24, 2.45) is 0 Å². The van der Waals surface area contributed by atoms with Gasteiger partial charge in [-0.25, -0.2) is 8.42 Å². The molecule has 0 radical (unpaired) electrons. The third-order valence-corrected chi connectivity index (χ3v) is 3.62. The molecule has 0 spiro atoms. The molecule has 2 rings (SSSR count). The first-order valence-electron chi connectivity index (χ1n) is 5.98. The number of nitrogens with zero attached hydrogens (tertiary/aromatic N) is 1. The van der Waals surface area contributed by atoms with Crippen LogP contribution in [0.1, 0.15) is 11.5 Å². The van der Waals surface area contributed by atoms with Crippen LogP contribution in [0.3, 0.4) is 0 Å². The van der Waals surface area contributed by atoms with Gasteiger partial charge in [-0.3, -0.25) is 4.90 Å². The SMILES string of the molecule is CS(=O)(=O)CCN(Cc1ccco1)Cc1ccco1. The van der Waals surface area contributed by atoms with E-state index in [2.05, 4.69) is 0 Å². The zero-order chi connectivity index (χ0) is 13.7. The number of sulfone groups is 1. The van der Waals surface area contributed by atoms with Crippen LogP contribution in [0.2, 0.25) is 0 Å². The second-order valence-electron chi connectivity index (χ2n) is 4.50. The largest absolute Gasteiger partial charge is 0.468 e. The Labute approximate surface area is 112 Å². The molecule has 0 bridgehead atoms. The molecule has 0 saturated heterocycles. The first-order valence-corrected chi connectivity index (χ1v) is 8.04. The topological polar surface area (TPSA) is 63.7 Å². The number of hydrogen-bond acceptors (Lipinski definition) is 5. The van der Waals surface area contributed by atoms with Gasteiger partial charge in [-0.2, -0.15) is 0 Å². The predicted octanol–water partition coefficient (Wildman–Crippen LogP) is 1.92. The van der Waals surface area contributed by atoms with Gasteiger partial charge in [0.05, 0.1) is 31.4 Å². The summed E-state index contributed by atoms with van der Waals surface area (Å²) in [6.45, 7) is 1.56. The molecular weight excluding hydrogens is 266 g/mol. The van der Waals surface area contributed by atoms with Crippen LogP contribution in [0.4, 0.5) is 0 Å². The molecule has 2 aromatic heterocycles. The second kappa shape index (κ2) is 6.08. The molecule has 5 nitrogen and oxygen atoms in total. The normalized spacial score (nSPS) is 12.1. The van der Waals surface area contributed by atoms with Gasteiger partial charge >= 0.3 is 0 Å². The van der Waals surface area contributed by atoms with Crippen LogP contribution < -0.4 is 0 Å². The highest BCUT2D eigenvalue weighted by Crippen LogP contribution is 2.11. The van der Waals surface area contributed by atoms with Crippen LogP contribution >= 0.6 is 0 Å². The van der Waals surface area contributed by atoms with Crippen molar-refractivity contribution in [2.45, 2.75) is 13.1 Å². The van der Waals surface area contributed by atoms with E-state index in [-0.39, 0.29) is 5.75 Å². The summed E-state index contributed by atoms with van der Waals surface area (Å²) in [6, 6.07) is 7.37. The van der Waals surface area contributed by atoms with Crippen molar-refractivity contribution in [3.05, 3.63) is 48.3 Å². The first-order chi connectivity index (χ1) is 9.03. The lowest BCUT2D eigenvalue weighted by atomic mass is 10.3. The zero-order valence-electron chi connectivity index (χ0n) is 10.8. The van der Waals surface area contributed by atoms with Crippen molar-refractivity contribution in [1.82, 2.24) is 4.90 Å². The smallest absolute Gasteiger partial charge is 0.148 e. The fourth-order valence-corrected chi connectivity index (χ4v) is 2.34.